The quantitative estimate of drug-likeness (QED) is 0.677. The van der Waals surface area contributed by atoms with E-state index in [1.807, 2.05) is 42.5 Å². The van der Waals surface area contributed by atoms with Crippen molar-refractivity contribution in [2.45, 2.75) is 0 Å². The molecular formula is C14H12Br2ClNO. The van der Waals surface area contributed by atoms with Gasteiger partial charge in [0, 0.05) is 11.0 Å². The Morgan fingerprint density at radius 1 is 1.11 bits per heavy atom. The van der Waals surface area contributed by atoms with Crippen molar-refractivity contribution in [2.24, 2.45) is 0 Å². The standard InChI is InChI=1S/C14H12Br2ClNO/c15-10-3-1-4-11(9-10)19-8-7-18-13-6-2-5-12(17)14(13)16/h1-6,9,18H,7-8H2. The van der Waals surface area contributed by atoms with Crippen molar-refractivity contribution < 1.29 is 4.74 Å². The third-order valence-electron chi connectivity index (χ3n) is 2.43. The zero-order chi connectivity index (χ0) is 13.7. The maximum atomic E-state index is 6.02. The molecule has 0 aromatic heterocycles. The van der Waals surface area contributed by atoms with E-state index in [9.17, 15) is 0 Å². The van der Waals surface area contributed by atoms with Gasteiger partial charge in [-0.3, -0.25) is 0 Å². The van der Waals surface area contributed by atoms with Crippen LogP contribution in [0.1, 0.15) is 0 Å². The number of nitrogens with one attached hydrogen (secondary N) is 1. The van der Waals surface area contributed by atoms with Gasteiger partial charge in [0.1, 0.15) is 12.4 Å². The first-order chi connectivity index (χ1) is 9.16. The van der Waals surface area contributed by atoms with Crippen LogP contribution >= 0.6 is 43.5 Å². The molecule has 0 radical (unpaired) electrons. The minimum Gasteiger partial charge on any atom is -0.492 e. The molecule has 0 aliphatic rings. The lowest BCUT2D eigenvalue weighted by atomic mass is 10.3. The normalized spacial score (nSPS) is 10.3. The molecule has 0 amide bonds. The molecule has 0 atom stereocenters. The van der Waals surface area contributed by atoms with E-state index in [4.69, 9.17) is 16.3 Å². The summed E-state index contributed by atoms with van der Waals surface area (Å²) < 4.78 is 7.52. The van der Waals surface area contributed by atoms with E-state index in [1.165, 1.54) is 0 Å². The van der Waals surface area contributed by atoms with Gasteiger partial charge in [-0.05, 0) is 46.3 Å². The molecule has 2 nitrogen and oxygen atoms in total. The summed E-state index contributed by atoms with van der Waals surface area (Å²) in [6, 6.07) is 13.5. The van der Waals surface area contributed by atoms with E-state index in [0.717, 1.165) is 20.4 Å². The van der Waals surface area contributed by atoms with Gasteiger partial charge >= 0.3 is 0 Å². The molecule has 0 saturated carbocycles. The third-order valence-corrected chi connectivity index (χ3v) is 4.32. The van der Waals surface area contributed by atoms with Crippen molar-refractivity contribution in [1.82, 2.24) is 0 Å². The van der Waals surface area contributed by atoms with E-state index in [1.54, 1.807) is 0 Å². The summed E-state index contributed by atoms with van der Waals surface area (Å²) >= 11 is 12.9. The highest BCUT2D eigenvalue weighted by atomic mass is 79.9. The molecule has 0 bridgehead atoms. The van der Waals surface area contributed by atoms with Crippen molar-refractivity contribution in [2.75, 3.05) is 18.5 Å². The van der Waals surface area contributed by atoms with Gasteiger partial charge in [0.25, 0.3) is 0 Å². The van der Waals surface area contributed by atoms with E-state index >= 15 is 0 Å². The molecule has 0 fully saturated rings. The maximum absolute atomic E-state index is 6.02. The first-order valence-electron chi connectivity index (χ1n) is 5.73. The summed E-state index contributed by atoms with van der Waals surface area (Å²) in [4.78, 5) is 0. The first-order valence-corrected chi connectivity index (χ1v) is 7.69. The van der Waals surface area contributed by atoms with E-state index in [-0.39, 0.29) is 0 Å². The number of ether oxygens (including phenoxy) is 1. The van der Waals surface area contributed by atoms with Crippen LogP contribution in [0.25, 0.3) is 0 Å². The molecule has 5 heteroatoms. The van der Waals surface area contributed by atoms with Crippen LogP contribution in [0.4, 0.5) is 5.69 Å². The summed E-state index contributed by atoms with van der Waals surface area (Å²) in [6.45, 7) is 1.28. The van der Waals surface area contributed by atoms with Gasteiger partial charge in [-0.2, -0.15) is 0 Å². The van der Waals surface area contributed by atoms with Gasteiger partial charge in [0.05, 0.1) is 15.2 Å². The molecule has 0 aliphatic heterocycles. The zero-order valence-corrected chi connectivity index (χ0v) is 13.9. The molecule has 0 aliphatic carbocycles. The largest absolute Gasteiger partial charge is 0.492 e. The highest BCUT2D eigenvalue weighted by Gasteiger charge is 2.02. The number of benzene rings is 2. The van der Waals surface area contributed by atoms with Crippen LogP contribution in [0.15, 0.2) is 51.4 Å². The Morgan fingerprint density at radius 3 is 2.68 bits per heavy atom. The molecule has 2 rings (SSSR count). The fourth-order valence-corrected chi connectivity index (χ4v) is 2.51. The van der Waals surface area contributed by atoms with Gasteiger partial charge in [0.15, 0.2) is 0 Å². The Kier molecular flexibility index (Phi) is 5.55. The molecular weight excluding hydrogens is 393 g/mol. The fraction of sp³-hybridized carbons (Fsp3) is 0.143. The Balaban J connectivity index is 1.82. The Morgan fingerprint density at radius 2 is 1.89 bits per heavy atom. The average Bonchev–Trinajstić information content (AvgIpc) is 2.39. The van der Waals surface area contributed by atoms with Gasteiger partial charge in [-0.25, -0.2) is 0 Å². The number of hydrogen-bond acceptors (Lipinski definition) is 2. The van der Waals surface area contributed by atoms with Crippen LogP contribution in [-0.4, -0.2) is 13.2 Å². The van der Waals surface area contributed by atoms with E-state index in [0.29, 0.717) is 18.2 Å². The smallest absolute Gasteiger partial charge is 0.120 e. The second kappa shape index (κ2) is 7.17. The van der Waals surface area contributed by atoms with Crippen LogP contribution in [0, 0.1) is 0 Å². The minimum atomic E-state index is 0.579. The van der Waals surface area contributed by atoms with Gasteiger partial charge in [-0.1, -0.05) is 39.7 Å². The summed E-state index contributed by atoms with van der Waals surface area (Å²) in [6.07, 6.45) is 0. The second-order valence-electron chi connectivity index (χ2n) is 3.83. The second-order valence-corrected chi connectivity index (χ2v) is 5.95. The lowest BCUT2D eigenvalue weighted by Gasteiger charge is -2.10. The number of halogens is 3. The highest BCUT2D eigenvalue weighted by molar-refractivity contribution is 9.11. The summed E-state index contributed by atoms with van der Waals surface area (Å²) in [5.41, 5.74) is 0.963. The van der Waals surface area contributed by atoms with Crippen molar-refractivity contribution >= 4 is 49.1 Å². The van der Waals surface area contributed by atoms with Crippen LogP contribution < -0.4 is 10.1 Å². The lowest BCUT2D eigenvalue weighted by Crippen LogP contribution is -2.11. The van der Waals surface area contributed by atoms with Crippen LogP contribution in [0.2, 0.25) is 5.02 Å². The lowest BCUT2D eigenvalue weighted by molar-refractivity contribution is 0.332. The monoisotopic (exact) mass is 403 g/mol. The third kappa shape index (κ3) is 4.41. The SMILES string of the molecule is Clc1cccc(NCCOc2cccc(Br)c2)c1Br. The molecule has 100 valence electrons. The van der Waals surface area contributed by atoms with Crippen LogP contribution in [-0.2, 0) is 0 Å². The van der Waals surface area contributed by atoms with Crippen molar-refractivity contribution in [3.05, 3.63) is 56.4 Å². The van der Waals surface area contributed by atoms with Crippen molar-refractivity contribution in [3.8, 4) is 5.75 Å². The van der Waals surface area contributed by atoms with Gasteiger partial charge < -0.3 is 10.1 Å². The highest BCUT2D eigenvalue weighted by Crippen LogP contribution is 2.29. The Labute approximate surface area is 134 Å². The van der Waals surface area contributed by atoms with Gasteiger partial charge in [-0.15, -0.1) is 0 Å². The molecule has 0 unspecified atom stereocenters. The molecule has 19 heavy (non-hydrogen) atoms. The number of rotatable bonds is 5. The molecule has 0 heterocycles. The number of hydrogen-bond donors (Lipinski definition) is 1. The summed E-state index contributed by atoms with van der Waals surface area (Å²) in [5.74, 6) is 0.848. The van der Waals surface area contributed by atoms with Crippen molar-refractivity contribution in [1.29, 1.82) is 0 Å². The zero-order valence-electron chi connectivity index (χ0n) is 10.00. The van der Waals surface area contributed by atoms with Crippen molar-refractivity contribution in [3.63, 3.8) is 0 Å². The predicted octanol–water partition coefficient (Wildman–Crippen LogP) is 5.36. The number of anilines is 1. The minimum absolute atomic E-state index is 0.579. The molecule has 0 saturated heterocycles. The summed E-state index contributed by atoms with van der Waals surface area (Å²) in [5, 5.41) is 3.96. The predicted molar refractivity (Wildman–Crippen MR) is 87.3 cm³/mol. The van der Waals surface area contributed by atoms with Crippen LogP contribution in [0.3, 0.4) is 0 Å². The van der Waals surface area contributed by atoms with Gasteiger partial charge in [0.2, 0.25) is 0 Å². The Hall–Kier alpha value is -0.710. The maximum Gasteiger partial charge on any atom is 0.120 e. The van der Waals surface area contributed by atoms with E-state index in [2.05, 4.69) is 37.2 Å². The topological polar surface area (TPSA) is 21.3 Å². The average molecular weight is 406 g/mol. The summed E-state index contributed by atoms with van der Waals surface area (Å²) in [7, 11) is 0. The fourth-order valence-electron chi connectivity index (χ4n) is 1.55. The molecule has 2 aromatic carbocycles. The molecule has 1 N–H and O–H groups in total. The van der Waals surface area contributed by atoms with Crippen LogP contribution in [0.5, 0.6) is 5.75 Å². The Bertz CT molecular complexity index is 563. The van der Waals surface area contributed by atoms with E-state index < -0.39 is 0 Å². The molecule has 2 aromatic rings. The first kappa shape index (κ1) is 14.7. The molecule has 0 spiro atoms.